The largest absolute Gasteiger partial charge is 0.480 e. The molecule has 6 nitrogen and oxygen atoms in total. The number of aliphatic carboxylic acids is 1. The average molecular weight is 304 g/mol. The molecule has 0 unspecified atom stereocenters. The van der Waals surface area contributed by atoms with Crippen molar-refractivity contribution < 1.29 is 19.8 Å². The van der Waals surface area contributed by atoms with Gasteiger partial charge in [0.2, 0.25) is 5.91 Å². The number of nitrogens with zero attached hydrogens (tertiary/aromatic N) is 1. The van der Waals surface area contributed by atoms with Crippen LogP contribution in [0, 0.1) is 17.2 Å². The van der Waals surface area contributed by atoms with Crippen LogP contribution < -0.4 is 5.32 Å². The second kappa shape index (κ2) is 8.15. The van der Waals surface area contributed by atoms with Crippen LogP contribution in [0.25, 0.3) is 0 Å². The van der Waals surface area contributed by atoms with Crippen molar-refractivity contribution in [2.75, 3.05) is 0 Å². The van der Waals surface area contributed by atoms with E-state index in [0.29, 0.717) is 11.1 Å². The summed E-state index contributed by atoms with van der Waals surface area (Å²) in [4.78, 5) is 23.1. The van der Waals surface area contributed by atoms with E-state index in [-0.39, 0.29) is 18.8 Å². The van der Waals surface area contributed by atoms with Crippen LogP contribution in [0.3, 0.4) is 0 Å². The van der Waals surface area contributed by atoms with E-state index in [9.17, 15) is 19.8 Å². The van der Waals surface area contributed by atoms with Crippen molar-refractivity contribution in [3.8, 4) is 6.07 Å². The Labute approximate surface area is 129 Å². The number of amides is 1. The number of carboxylic acids is 1. The third-order valence-corrected chi connectivity index (χ3v) is 3.11. The zero-order valence-electron chi connectivity index (χ0n) is 12.6. The molecule has 0 aliphatic heterocycles. The molecule has 6 heteroatoms. The van der Waals surface area contributed by atoms with E-state index in [2.05, 4.69) is 5.32 Å². The van der Waals surface area contributed by atoms with Crippen molar-refractivity contribution >= 4 is 11.9 Å². The Kier molecular flexibility index (Phi) is 6.54. The van der Waals surface area contributed by atoms with Gasteiger partial charge in [0.25, 0.3) is 0 Å². The number of benzene rings is 1. The van der Waals surface area contributed by atoms with Gasteiger partial charge in [-0.2, -0.15) is 5.26 Å². The molecule has 0 fully saturated rings. The first-order chi connectivity index (χ1) is 10.3. The lowest BCUT2D eigenvalue weighted by atomic mass is 10.0. The van der Waals surface area contributed by atoms with E-state index in [1.807, 2.05) is 19.9 Å². The monoisotopic (exact) mass is 304 g/mol. The highest BCUT2D eigenvalue weighted by molar-refractivity contribution is 5.86. The molecule has 0 aromatic heterocycles. The minimum atomic E-state index is -1.23. The molecule has 0 saturated heterocycles. The van der Waals surface area contributed by atoms with Crippen LogP contribution in [0.5, 0.6) is 0 Å². The summed E-state index contributed by atoms with van der Waals surface area (Å²) in [5, 5.41) is 30.1. The summed E-state index contributed by atoms with van der Waals surface area (Å²) < 4.78 is 0. The van der Waals surface area contributed by atoms with Gasteiger partial charge < -0.3 is 15.5 Å². The maximum atomic E-state index is 11.8. The van der Waals surface area contributed by atoms with Gasteiger partial charge >= 0.3 is 5.97 Å². The normalized spacial score (nSPS) is 13.2. The summed E-state index contributed by atoms with van der Waals surface area (Å²) in [6, 6.07) is 7.36. The quantitative estimate of drug-likeness (QED) is 0.698. The van der Waals surface area contributed by atoms with Gasteiger partial charge in [0.1, 0.15) is 12.1 Å². The SMILES string of the molecule is CC(C)C[C@H](O)C(=O)N[C@@H](Cc1cccc(C#N)c1)C(=O)O. The molecule has 0 bridgehead atoms. The third kappa shape index (κ3) is 5.54. The molecule has 1 rings (SSSR count). The average Bonchev–Trinajstić information content (AvgIpc) is 2.45. The number of hydrogen-bond acceptors (Lipinski definition) is 4. The molecule has 118 valence electrons. The molecule has 22 heavy (non-hydrogen) atoms. The lowest BCUT2D eigenvalue weighted by molar-refractivity contribution is -0.143. The van der Waals surface area contributed by atoms with Crippen LogP contribution in [0.2, 0.25) is 0 Å². The fourth-order valence-electron chi connectivity index (χ4n) is 2.03. The summed E-state index contributed by atoms with van der Waals surface area (Å²) in [7, 11) is 0. The predicted molar refractivity (Wildman–Crippen MR) is 79.9 cm³/mol. The Morgan fingerprint density at radius 3 is 2.59 bits per heavy atom. The summed E-state index contributed by atoms with van der Waals surface area (Å²) in [5.41, 5.74) is 1.05. The molecular formula is C16H20N2O4. The van der Waals surface area contributed by atoms with Gasteiger partial charge in [-0.15, -0.1) is 0 Å². The topological polar surface area (TPSA) is 110 Å². The molecule has 1 aromatic carbocycles. The van der Waals surface area contributed by atoms with Gasteiger partial charge in [0, 0.05) is 6.42 Å². The van der Waals surface area contributed by atoms with Crippen LogP contribution in [-0.4, -0.2) is 34.2 Å². The molecule has 3 N–H and O–H groups in total. The molecule has 0 aliphatic rings. The molecule has 0 spiro atoms. The van der Waals surface area contributed by atoms with Gasteiger partial charge in [-0.1, -0.05) is 26.0 Å². The van der Waals surface area contributed by atoms with Crippen LogP contribution >= 0.6 is 0 Å². The van der Waals surface area contributed by atoms with Crippen molar-refractivity contribution in [3.63, 3.8) is 0 Å². The van der Waals surface area contributed by atoms with Gasteiger partial charge in [0.05, 0.1) is 11.6 Å². The number of hydrogen-bond donors (Lipinski definition) is 3. The van der Waals surface area contributed by atoms with Crippen LogP contribution in [0.15, 0.2) is 24.3 Å². The number of rotatable bonds is 7. The molecule has 0 heterocycles. The highest BCUT2D eigenvalue weighted by atomic mass is 16.4. The standard InChI is InChI=1S/C16H20N2O4/c1-10(2)6-14(19)15(20)18-13(16(21)22)8-11-4-3-5-12(7-11)9-17/h3-5,7,10,13-14,19H,6,8H2,1-2H3,(H,18,20)(H,21,22)/t13-,14-/m0/s1. The Morgan fingerprint density at radius 1 is 1.36 bits per heavy atom. The Bertz CT molecular complexity index is 578. The molecular weight excluding hydrogens is 284 g/mol. The van der Waals surface area contributed by atoms with E-state index in [4.69, 9.17) is 5.26 Å². The van der Waals surface area contributed by atoms with E-state index >= 15 is 0 Å². The molecule has 2 atom stereocenters. The summed E-state index contributed by atoms with van der Waals surface area (Å²) in [6.07, 6.45) is -0.917. The molecule has 1 aromatic rings. The minimum absolute atomic E-state index is 0.0466. The summed E-state index contributed by atoms with van der Waals surface area (Å²) >= 11 is 0. The number of carbonyl (C=O) groups is 2. The third-order valence-electron chi connectivity index (χ3n) is 3.11. The molecule has 0 aliphatic carbocycles. The van der Waals surface area contributed by atoms with E-state index in [1.54, 1.807) is 24.3 Å². The zero-order chi connectivity index (χ0) is 16.7. The van der Waals surface area contributed by atoms with E-state index < -0.39 is 24.0 Å². The van der Waals surface area contributed by atoms with Crippen molar-refractivity contribution in [1.29, 1.82) is 5.26 Å². The first kappa shape index (κ1) is 17.7. The summed E-state index contributed by atoms with van der Waals surface area (Å²) in [6.45, 7) is 3.72. The van der Waals surface area contributed by atoms with Crippen LogP contribution in [-0.2, 0) is 16.0 Å². The fourth-order valence-corrected chi connectivity index (χ4v) is 2.03. The number of nitrogens with one attached hydrogen (secondary N) is 1. The van der Waals surface area contributed by atoms with Crippen molar-refractivity contribution in [1.82, 2.24) is 5.32 Å². The van der Waals surface area contributed by atoms with Crippen molar-refractivity contribution in [3.05, 3.63) is 35.4 Å². The number of aliphatic hydroxyl groups excluding tert-OH is 1. The first-order valence-electron chi connectivity index (χ1n) is 7.03. The number of carbonyl (C=O) groups excluding carboxylic acids is 1. The Hall–Kier alpha value is -2.39. The number of carboxylic acid groups (broad SMARTS) is 1. The predicted octanol–water partition coefficient (Wildman–Crippen LogP) is 1.08. The summed E-state index contributed by atoms with van der Waals surface area (Å²) in [5.74, 6) is -1.76. The lowest BCUT2D eigenvalue weighted by Gasteiger charge is -2.18. The van der Waals surface area contributed by atoms with Gasteiger partial charge in [-0.05, 0) is 30.0 Å². The number of aliphatic hydroxyl groups is 1. The molecule has 0 saturated carbocycles. The van der Waals surface area contributed by atoms with Gasteiger partial charge in [-0.3, -0.25) is 4.79 Å². The minimum Gasteiger partial charge on any atom is -0.480 e. The molecule has 1 amide bonds. The van der Waals surface area contributed by atoms with Gasteiger partial charge in [-0.25, -0.2) is 4.79 Å². The Morgan fingerprint density at radius 2 is 2.05 bits per heavy atom. The van der Waals surface area contributed by atoms with Crippen LogP contribution in [0.4, 0.5) is 0 Å². The van der Waals surface area contributed by atoms with E-state index in [1.165, 1.54) is 0 Å². The maximum absolute atomic E-state index is 11.8. The van der Waals surface area contributed by atoms with Crippen molar-refractivity contribution in [2.24, 2.45) is 5.92 Å². The first-order valence-corrected chi connectivity index (χ1v) is 7.03. The fraction of sp³-hybridized carbons (Fsp3) is 0.438. The second-order valence-electron chi connectivity index (χ2n) is 5.56. The zero-order valence-corrected chi connectivity index (χ0v) is 12.6. The van der Waals surface area contributed by atoms with Crippen molar-refractivity contribution in [2.45, 2.75) is 38.8 Å². The van der Waals surface area contributed by atoms with Crippen LogP contribution in [0.1, 0.15) is 31.4 Å². The highest BCUT2D eigenvalue weighted by Gasteiger charge is 2.24. The van der Waals surface area contributed by atoms with Gasteiger partial charge in [0.15, 0.2) is 0 Å². The lowest BCUT2D eigenvalue weighted by Crippen LogP contribution is -2.46. The Balaban J connectivity index is 2.76. The smallest absolute Gasteiger partial charge is 0.326 e. The molecule has 0 radical (unpaired) electrons. The highest BCUT2D eigenvalue weighted by Crippen LogP contribution is 2.09. The maximum Gasteiger partial charge on any atom is 0.326 e. The second-order valence-corrected chi connectivity index (χ2v) is 5.56. The van der Waals surface area contributed by atoms with E-state index in [0.717, 1.165) is 0 Å². The number of nitriles is 1.